The zero-order valence-electron chi connectivity index (χ0n) is 12.8. The van der Waals surface area contributed by atoms with E-state index in [1.54, 1.807) is 0 Å². The summed E-state index contributed by atoms with van der Waals surface area (Å²) in [6.07, 6.45) is 14.8. The maximum Gasteiger partial charge on any atom is 0.209 e. The molecule has 0 spiro atoms. The molecule has 0 bridgehead atoms. The molecule has 1 aromatic rings. The number of ketones is 1. The van der Waals surface area contributed by atoms with E-state index in [1.807, 2.05) is 29.3 Å². The minimum atomic E-state index is 0.0431. The number of carbonyl (C=O) groups excluding carboxylic acids is 2. The number of terminal acetylenes is 1. The fourth-order valence-electron chi connectivity index (χ4n) is 3.85. The van der Waals surface area contributed by atoms with Crippen molar-refractivity contribution in [1.82, 2.24) is 9.88 Å². The number of piperidine rings is 1. The lowest BCUT2D eigenvalue weighted by atomic mass is 9.60. The summed E-state index contributed by atoms with van der Waals surface area (Å²) in [7, 11) is 0. The van der Waals surface area contributed by atoms with Gasteiger partial charge in [0.2, 0.25) is 6.41 Å². The van der Waals surface area contributed by atoms with Crippen molar-refractivity contribution in [3.63, 3.8) is 0 Å². The first-order chi connectivity index (χ1) is 10.7. The molecule has 2 fully saturated rings. The molecule has 0 radical (unpaired) electrons. The standard InChI is InChI=1S/C16H20N2O2.C2H2/c19-12-18-8-5-13-9-15(20)4-6-16(13,11-18)10-14-3-1-2-7-17-14;1-2/h1-3,7,12-13H,4-6,8-11H2;1-2H/t13?,16-;/m0./s1. The van der Waals surface area contributed by atoms with E-state index in [1.165, 1.54) is 0 Å². The lowest BCUT2D eigenvalue weighted by molar-refractivity contribution is -0.131. The third kappa shape index (κ3) is 3.36. The Morgan fingerprint density at radius 1 is 1.41 bits per heavy atom. The molecule has 2 aliphatic rings. The van der Waals surface area contributed by atoms with Crippen LogP contribution < -0.4 is 0 Å². The van der Waals surface area contributed by atoms with Crippen LogP contribution in [-0.2, 0) is 16.0 Å². The van der Waals surface area contributed by atoms with Gasteiger partial charge in [0.15, 0.2) is 0 Å². The number of hydrogen-bond donors (Lipinski definition) is 0. The van der Waals surface area contributed by atoms with Crippen molar-refractivity contribution >= 4 is 12.2 Å². The number of hydrogen-bond acceptors (Lipinski definition) is 3. The summed E-state index contributed by atoms with van der Waals surface area (Å²) in [6.45, 7) is 1.55. The van der Waals surface area contributed by atoms with Gasteiger partial charge in [-0.1, -0.05) is 6.07 Å². The molecular formula is C18H22N2O2. The highest BCUT2D eigenvalue weighted by Crippen LogP contribution is 2.47. The summed E-state index contributed by atoms with van der Waals surface area (Å²) in [5, 5.41) is 0. The highest BCUT2D eigenvalue weighted by atomic mass is 16.1. The van der Waals surface area contributed by atoms with E-state index in [2.05, 4.69) is 17.8 Å². The van der Waals surface area contributed by atoms with Gasteiger partial charge >= 0.3 is 0 Å². The number of amides is 1. The molecule has 0 aromatic carbocycles. The fourth-order valence-corrected chi connectivity index (χ4v) is 3.85. The first-order valence-corrected chi connectivity index (χ1v) is 7.66. The van der Waals surface area contributed by atoms with Crippen molar-refractivity contribution in [2.75, 3.05) is 13.1 Å². The van der Waals surface area contributed by atoms with Crippen LogP contribution in [-0.4, -0.2) is 35.2 Å². The quantitative estimate of drug-likeness (QED) is 0.634. The molecule has 2 heterocycles. The number of carbonyl (C=O) groups is 2. The van der Waals surface area contributed by atoms with Crippen molar-refractivity contribution in [3.8, 4) is 12.8 Å². The van der Waals surface area contributed by atoms with E-state index in [0.29, 0.717) is 24.5 Å². The van der Waals surface area contributed by atoms with Gasteiger partial charge in [0, 0.05) is 37.8 Å². The molecule has 1 saturated heterocycles. The van der Waals surface area contributed by atoms with Gasteiger partial charge in [-0.05, 0) is 42.7 Å². The molecular weight excluding hydrogens is 276 g/mol. The van der Waals surface area contributed by atoms with E-state index in [4.69, 9.17) is 0 Å². The Balaban J connectivity index is 0.000000847. The van der Waals surface area contributed by atoms with Crippen LogP contribution in [0.1, 0.15) is 31.4 Å². The molecule has 1 aromatic heterocycles. The molecule has 116 valence electrons. The van der Waals surface area contributed by atoms with Crippen LogP contribution in [0.4, 0.5) is 0 Å². The number of fused-ring (bicyclic) bond motifs is 1. The second-order valence-corrected chi connectivity index (χ2v) is 6.16. The summed E-state index contributed by atoms with van der Waals surface area (Å²) in [6, 6.07) is 5.96. The second kappa shape index (κ2) is 7.22. The zero-order valence-corrected chi connectivity index (χ0v) is 12.8. The van der Waals surface area contributed by atoms with Crippen LogP contribution in [0, 0.1) is 24.2 Å². The van der Waals surface area contributed by atoms with Crippen molar-refractivity contribution in [3.05, 3.63) is 30.1 Å². The monoisotopic (exact) mass is 298 g/mol. The van der Waals surface area contributed by atoms with Crippen LogP contribution >= 0.6 is 0 Å². The molecule has 3 rings (SSSR count). The van der Waals surface area contributed by atoms with Crippen molar-refractivity contribution in [2.24, 2.45) is 11.3 Å². The summed E-state index contributed by atoms with van der Waals surface area (Å²) in [5.74, 6) is 0.785. The molecule has 1 aliphatic carbocycles. The largest absolute Gasteiger partial charge is 0.345 e. The SMILES string of the molecule is C#C.O=CN1CCC2CC(=O)CC[C@]2(Cc2ccccn2)C1. The Morgan fingerprint density at radius 2 is 2.23 bits per heavy atom. The number of aromatic nitrogens is 1. The first-order valence-electron chi connectivity index (χ1n) is 7.66. The van der Waals surface area contributed by atoms with Crippen molar-refractivity contribution < 1.29 is 9.59 Å². The normalized spacial score (nSPS) is 27.3. The zero-order chi connectivity index (χ0) is 16.0. The average Bonchev–Trinajstić information content (AvgIpc) is 2.57. The molecule has 1 saturated carbocycles. The van der Waals surface area contributed by atoms with E-state index in [-0.39, 0.29) is 5.41 Å². The summed E-state index contributed by atoms with van der Waals surface area (Å²) in [4.78, 5) is 29.2. The number of nitrogens with zero attached hydrogens (tertiary/aromatic N) is 2. The summed E-state index contributed by atoms with van der Waals surface area (Å²) in [5.41, 5.74) is 1.11. The molecule has 4 nitrogen and oxygen atoms in total. The molecule has 2 atom stereocenters. The summed E-state index contributed by atoms with van der Waals surface area (Å²) >= 11 is 0. The van der Waals surface area contributed by atoms with Crippen LogP contribution in [0.25, 0.3) is 0 Å². The first kappa shape index (κ1) is 16.2. The minimum absolute atomic E-state index is 0.0431. The minimum Gasteiger partial charge on any atom is -0.345 e. The third-order valence-electron chi connectivity index (χ3n) is 4.93. The lowest BCUT2D eigenvalue weighted by Gasteiger charge is -2.49. The lowest BCUT2D eigenvalue weighted by Crippen LogP contribution is -2.52. The Labute approximate surface area is 131 Å². The van der Waals surface area contributed by atoms with Crippen LogP contribution in [0.3, 0.4) is 0 Å². The molecule has 1 amide bonds. The van der Waals surface area contributed by atoms with Gasteiger partial charge in [0.1, 0.15) is 5.78 Å². The van der Waals surface area contributed by atoms with Gasteiger partial charge in [-0.25, -0.2) is 0 Å². The van der Waals surface area contributed by atoms with E-state index < -0.39 is 0 Å². The van der Waals surface area contributed by atoms with Gasteiger partial charge in [0.25, 0.3) is 0 Å². The summed E-state index contributed by atoms with van der Waals surface area (Å²) < 4.78 is 0. The van der Waals surface area contributed by atoms with Gasteiger partial charge < -0.3 is 4.90 Å². The number of likely N-dealkylation sites (tertiary alicyclic amines) is 1. The topological polar surface area (TPSA) is 50.3 Å². The smallest absolute Gasteiger partial charge is 0.209 e. The van der Waals surface area contributed by atoms with Crippen LogP contribution in [0.5, 0.6) is 0 Å². The van der Waals surface area contributed by atoms with Crippen molar-refractivity contribution in [2.45, 2.75) is 32.1 Å². The Kier molecular flexibility index (Phi) is 5.32. The highest BCUT2D eigenvalue weighted by molar-refractivity contribution is 5.79. The van der Waals surface area contributed by atoms with Gasteiger partial charge in [-0.2, -0.15) is 0 Å². The Morgan fingerprint density at radius 3 is 2.91 bits per heavy atom. The maximum absolute atomic E-state index is 11.8. The van der Waals surface area contributed by atoms with Crippen LogP contribution in [0.2, 0.25) is 0 Å². The van der Waals surface area contributed by atoms with E-state index >= 15 is 0 Å². The maximum atomic E-state index is 11.8. The molecule has 22 heavy (non-hydrogen) atoms. The average molecular weight is 298 g/mol. The second-order valence-electron chi connectivity index (χ2n) is 6.16. The van der Waals surface area contributed by atoms with Gasteiger partial charge in [0.05, 0.1) is 0 Å². The number of pyridine rings is 1. The highest BCUT2D eigenvalue weighted by Gasteiger charge is 2.46. The van der Waals surface area contributed by atoms with Crippen molar-refractivity contribution in [1.29, 1.82) is 0 Å². The predicted molar refractivity (Wildman–Crippen MR) is 84.9 cm³/mol. The number of rotatable bonds is 3. The van der Waals surface area contributed by atoms with E-state index in [0.717, 1.165) is 44.5 Å². The Hall–Kier alpha value is -2.15. The molecule has 1 unspecified atom stereocenters. The fraction of sp³-hybridized carbons (Fsp3) is 0.500. The predicted octanol–water partition coefficient (Wildman–Crippen LogP) is 2.09. The molecule has 0 N–H and O–H groups in total. The van der Waals surface area contributed by atoms with Gasteiger partial charge in [-0.3, -0.25) is 14.6 Å². The number of Topliss-reactive ketones (excluding diaryl/α,β-unsaturated/α-hetero) is 1. The van der Waals surface area contributed by atoms with E-state index in [9.17, 15) is 9.59 Å². The van der Waals surface area contributed by atoms with Crippen LogP contribution in [0.15, 0.2) is 24.4 Å². The Bertz CT molecular complexity index is 541. The molecule has 1 aliphatic heterocycles. The molecule has 4 heteroatoms. The third-order valence-corrected chi connectivity index (χ3v) is 4.93. The van der Waals surface area contributed by atoms with Gasteiger partial charge in [-0.15, -0.1) is 12.8 Å².